The Labute approximate surface area is 116 Å². The third-order valence-electron chi connectivity index (χ3n) is 2.09. The molecule has 100 valence electrons. The molecule has 5 heteroatoms. The minimum atomic E-state index is -0.439. The fraction of sp³-hybridized carbons (Fsp3) is 0.462. The number of nitrogens with two attached hydrogens (primary N) is 1. The van der Waals surface area contributed by atoms with Crippen molar-refractivity contribution in [3.63, 3.8) is 0 Å². The Balaban J connectivity index is 2.48. The van der Waals surface area contributed by atoms with E-state index in [0.717, 1.165) is 4.47 Å². The maximum absolute atomic E-state index is 11.8. The predicted octanol–water partition coefficient (Wildman–Crippen LogP) is 3.00. The maximum atomic E-state index is 11.8. The van der Waals surface area contributed by atoms with Crippen LogP contribution >= 0.6 is 15.9 Å². The van der Waals surface area contributed by atoms with Gasteiger partial charge in [-0.3, -0.25) is 0 Å². The van der Waals surface area contributed by atoms with Crippen molar-refractivity contribution >= 4 is 27.6 Å². The lowest BCUT2D eigenvalue weighted by Crippen LogP contribution is -2.22. The molecule has 0 bridgehead atoms. The van der Waals surface area contributed by atoms with Gasteiger partial charge in [0, 0.05) is 10.2 Å². The van der Waals surface area contributed by atoms with Gasteiger partial charge in [0.05, 0.1) is 17.8 Å². The number of ether oxygens (including phenoxy) is 2. The SMILES string of the molecule is CC(C)(C)OCCOC(=O)c1cc(Br)ccc1N. The van der Waals surface area contributed by atoms with Gasteiger partial charge in [-0.2, -0.15) is 0 Å². The molecule has 0 aliphatic carbocycles. The van der Waals surface area contributed by atoms with Crippen molar-refractivity contribution in [1.29, 1.82) is 0 Å². The van der Waals surface area contributed by atoms with Gasteiger partial charge in [-0.1, -0.05) is 15.9 Å². The second-order valence-corrected chi connectivity index (χ2v) is 5.74. The van der Waals surface area contributed by atoms with E-state index in [9.17, 15) is 4.79 Å². The van der Waals surface area contributed by atoms with Crippen LogP contribution in [0.5, 0.6) is 0 Å². The Morgan fingerprint density at radius 2 is 2.00 bits per heavy atom. The van der Waals surface area contributed by atoms with E-state index in [-0.39, 0.29) is 12.2 Å². The number of carbonyl (C=O) groups is 1. The molecule has 2 N–H and O–H groups in total. The number of anilines is 1. The topological polar surface area (TPSA) is 61.5 Å². The minimum absolute atomic E-state index is 0.210. The monoisotopic (exact) mass is 315 g/mol. The molecule has 4 nitrogen and oxygen atoms in total. The van der Waals surface area contributed by atoms with Gasteiger partial charge < -0.3 is 15.2 Å². The molecule has 0 atom stereocenters. The van der Waals surface area contributed by atoms with Crippen molar-refractivity contribution in [1.82, 2.24) is 0 Å². The highest BCUT2D eigenvalue weighted by Crippen LogP contribution is 2.19. The number of hydrogen-bond donors (Lipinski definition) is 1. The van der Waals surface area contributed by atoms with Crippen molar-refractivity contribution in [2.24, 2.45) is 0 Å². The van der Waals surface area contributed by atoms with Gasteiger partial charge in [0.2, 0.25) is 0 Å². The molecule has 0 aliphatic heterocycles. The van der Waals surface area contributed by atoms with Crippen LogP contribution in [0.15, 0.2) is 22.7 Å². The lowest BCUT2D eigenvalue weighted by atomic mass is 10.2. The molecular weight excluding hydrogens is 298 g/mol. The first-order valence-corrected chi connectivity index (χ1v) is 6.45. The van der Waals surface area contributed by atoms with Gasteiger partial charge in [-0.15, -0.1) is 0 Å². The number of halogens is 1. The van der Waals surface area contributed by atoms with Gasteiger partial charge in [-0.25, -0.2) is 4.79 Å². The van der Waals surface area contributed by atoms with Crippen molar-refractivity contribution in [2.75, 3.05) is 18.9 Å². The highest BCUT2D eigenvalue weighted by molar-refractivity contribution is 9.10. The molecule has 0 radical (unpaired) electrons. The average Bonchev–Trinajstić information content (AvgIpc) is 2.26. The van der Waals surface area contributed by atoms with Crippen LogP contribution in [0, 0.1) is 0 Å². The molecular formula is C13H18BrNO3. The van der Waals surface area contributed by atoms with Crippen LogP contribution in [-0.2, 0) is 9.47 Å². The summed E-state index contributed by atoms with van der Waals surface area (Å²) < 4.78 is 11.3. The molecule has 18 heavy (non-hydrogen) atoms. The first kappa shape index (κ1) is 15.0. The Hall–Kier alpha value is -1.07. The first-order chi connectivity index (χ1) is 8.29. The molecule has 0 spiro atoms. The summed E-state index contributed by atoms with van der Waals surface area (Å²) in [6, 6.07) is 5.07. The van der Waals surface area contributed by atoms with Crippen LogP contribution in [-0.4, -0.2) is 24.8 Å². The smallest absolute Gasteiger partial charge is 0.340 e. The minimum Gasteiger partial charge on any atom is -0.460 e. The summed E-state index contributed by atoms with van der Waals surface area (Å²) in [6.45, 7) is 6.41. The lowest BCUT2D eigenvalue weighted by molar-refractivity contribution is -0.0281. The highest BCUT2D eigenvalue weighted by atomic mass is 79.9. The average molecular weight is 316 g/mol. The van der Waals surface area contributed by atoms with Gasteiger partial charge in [0.15, 0.2) is 0 Å². The van der Waals surface area contributed by atoms with E-state index >= 15 is 0 Å². The summed E-state index contributed by atoms with van der Waals surface area (Å²) in [6.07, 6.45) is 0. The number of nitrogen functional groups attached to an aromatic ring is 1. The third kappa shape index (κ3) is 5.06. The number of carbonyl (C=O) groups excluding carboxylic acids is 1. The quantitative estimate of drug-likeness (QED) is 0.527. The van der Waals surface area contributed by atoms with Crippen molar-refractivity contribution < 1.29 is 14.3 Å². The van der Waals surface area contributed by atoms with E-state index in [4.69, 9.17) is 15.2 Å². The Kier molecular flexibility index (Phi) is 5.16. The summed E-state index contributed by atoms with van der Waals surface area (Å²) in [5.41, 5.74) is 6.24. The van der Waals surface area contributed by atoms with Crippen LogP contribution in [0.25, 0.3) is 0 Å². The maximum Gasteiger partial charge on any atom is 0.340 e. The highest BCUT2D eigenvalue weighted by Gasteiger charge is 2.13. The summed E-state index contributed by atoms with van der Waals surface area (Å²) in [5.74, 6) is -0.439. The number of esters is 1. The van der Waals surface area contributed by atoms with E-state index in [1.807, 2.05) is 20.8 Å². The van der Waals surface area contributed by atoms with E-state index in [2.05, 4.69) is 15.9 Å². The first-order valence-electron chi connectivity index (χ1n) is 5.66. The van der Waals surface area contributed by atoms with E-state index in [0.29, 0.717) is 17.9 Å². The second-order valence-electron chi connectivity index (χ2n) is 4.83. The number of benzene rings is 1. The largest absolute Gasteiger partial charge is 0.460 e. The second kappa shape index (κ2) is 6.20. The van der Waals surface area contributed by atoms with Crippen LogP contribution in [0.3, 0.4) is 0 Å². The molecule has 0 saturated heterocycles. The predicted molar refractivity (Wildman–Crippen MR) is 74.5 cm³/mol. The fourth-order valence-electron chi connectivity index (χ4n) is 1.27. The zero-order chi connectivity index (χ0) is 13.8. The van der Waals surface area contributed by atoms with Gasteiger partial charge >= 0.3 is 5.97 Å². The van der Waals surface area contributed by atoms with E-state index in [1.54, 1.807) is 18.2 Å². The van der Waals surface area contributed by atoms with E-state index < -0.39 is 5.97 Å². The Bertz CT molecular complexity index is 427. The molecule has 0 fully saturated rings. The van der Waals surface area contributed by atoms with Gasteiger partial charge in [0.1, 0.15) is 6.61 Å². The molecule has 0 saturated carbocycles. The number of hydrogen-bond acceptors (Lipinski definition) is 4. The molecule has 0 aliphatic rings. The zero-order valence-electron chi connectivity index (χ0n) is 10.8. The number of rotatable bonds is 4. The van der Waals surface area contributed by atoms with Crippen LogP contribution < -0.4 is 5.73 Å². The fourth-order valence-corrected chi connectivity index (χ4v) is 1.63. The van der Waals surface area contributed by atoms with E-state index in [1.165, 1.54) is 0 Å². The van der Waals surface area contributed by atoms with Crippen LogP contribution in [0.4, 0.5) is 5.69 Å². The Morgan fingerprint density at radius 1 is 1.33 bits per heavy atom. The normalized spacial score (nSPS) is 11.3. The summed E-state index contributed by atoms with van der Waals surface area (Å²) >= 11 is 3.28. The molecule has 1 aromatic rings. The molecule has 0 unspecified atom stereocenters. The summed E-state index contributed by atoms with van der Waals surface area (Å²) in [5, 5.41) is 0. The summed E-state index contributed by atoms with van der Waals surface area (Å²) in [4.78, 5) is 11.8. The van der Waals surface area contributed by atoms with Gasteiger partial charge in [-0.05, 0) is 39.0 Å². The van der Waals surface area contributed by atoms with Gasteiger partial charge in [0.25, 0.3) is 0 Å². The van der Waals surface area contributed by atoms with Crippen molar-refractivity contribution in [3.8, 4) is 0 Å². The standard InChI is InChI=1S/C13H18BrNO3/c1-13(2,3)18-7-6-17-12(16)10-8-9(14)4-5-11(10)15/h4-5,8H,6-7,15H2,1-3H3. The summed E-state index contributed by atoms with van der Waals surface area (Å²) in [7, 11) is 0. The molecule has 0 amide bonds. The van der Waals surface area contributed by atoms with Crippen LogP contribution in [0.2, 0.25) is 0 Å². The lowest BCUT2D eigenvalue weighted by Gasteiger charge is -2.19. The molecule has 1 aromatic carbocycles. The zero-order valence-corrected chi connectivity index (χ0v) is 12.4. The third-order valence-corrected chi connectivity index (χ3v) is 2.58. The van der Waals surface area contributed by atoms with Crippen molar-refractivity contribution in [2.45, 2.75) is 26.4 Å². The van der Waals surface area contributed by atoms with Crippen LogP contribution in [0.1, 0.15) is 31.1 Å². The molecule has 0 aromatic heterocycles. The molecule has 1 rings (SSSR count). The Morgan fingerprint density at radius 3 is 2.61 bits per heavy atom. The van der Waals surface area contributed by atoms with Crippen molar-refractivity contribution in [3.05, 3.63) is 28.2 Å². The molecule has 0 heterocycles.